The van der Waals surface area contributed by atoms with Gasteiger partial charge >= 0.3 is 6.03 Å². The Morgan fingerprint density at radius 3 is 2.46 bits per heavy atom. The zero-order valence-electron chi connectivity index (χ0n) is 14.5. The van der Waals surface area contributed by atoms with Crippen LogP contribution in [-0.2, 0) is 9.59 Å². The Morgan fingerprint density at radius 2 is 1.81 bits per heavy atom. The second-order valence-corrected chi connectivity index (χ2v) is 7.07. The Hall–Kier alpha value is -2.90. The normalized spacial score (nSPS) is 25.6. The van der Waals surface area contributed by atoms with Gasteiger partial charge in [0, 0.05) is 37.4 Å². The second kappa shape index (κ2) is 6.12. The van der Waals surface area contributed by atoms with Crippen molar-refractivity contribution in [3.05, 3.63) is 29.8 Å². The molecule has 0 aromatic heterocycles. The maximum atomic E-state index is 12.9. The summed E-state index contributed by atoms with van der Waals surface area (Å²) in [4.78, 5) is 53.0. The van der Waals surface area contributed by atoms with E-state index >= 15 is 0 Å². The van der Waals surface area contributed by atoms with Crippen LogP contribution in [0.25, 0.3) is 0 Å². The molecule has 4 aliphatic heterocycles. The summed E-state index contributed by atoms with van der Waals surface area (Å²) in [5.41, 5.74) is 1.08. The quantitative estimate of drug-likeness (QED) is 0.779. The summed E-state index contributed by atoms with van der Waals surface area (Å²) < 4.78 is 0. The van der Waals surface area contributed by atoms with Crippen LogP contribution in [0.15, 0.2) is 24.3 Å². The number of piperidine rings is 1. The van der Waals surface area contributed by atoms with Gasteiger partial charge in [0.1, 0.15) is 6.54 Å². The Bertz CT molecular complexity index is 791. The van der Waals surface area contributed by atoms with Crippen LogP contribution in [-0.4, -0.2) is 66.3 Å². The van der Waals surface area contributed by atoms with Crippen molar-refractivity contribution in [2.75, 3.05) is 31.6 Å². The van der Waals surface area contributed by atoms with Crippen molar-refractivity contribution < 1.29 is 19.2 Å². The maximum Gasteiger partial charge on any atom is 0.329 e. The third kappa shape index (κ3) is 2.71. The number of imide groups is 1. The minimum Gasteiger partial charge on any atom is -0.341 e. The van der Waals surface area contributed by atoms with E-state index in [0.29, 0.717) is 24.3 Å². The number of nitrogens with one attached hydrogen (secondary N) is 1. The van der Waals surface area contributed by atoms with Crippen molar-refractivity contribution in [3.8, 4) is 0 Å². The molecule has 0 spiro atoms. The molecule has 1 aromatic carbocycles. The highest BCUT2D eigenvalue weighted by Crippen LogP contribution is 2.29. The summed E-state index contributed by atoms with van der Waals surface area (Å²) in [5.74, 6) is -0.458. The SMILES string of the molecule is CN1C(=O)[C@H]2CC[C@@H]1CN(C(=O)c1ccc(N3CC(=O)NC3=O)cc1)C2. The molecule has 5 rings (SSSR count). The van der Waals surface area contributed by atoms with Gasteiger partial charge in [0.25, 0.3) is 5.91 Å². The number of anilines is 1. The Labute approximate surface area is 150 Å². The van der Waals surface area contributed by atoms with E-state index in [-0.39, 0.29) is 36.2 Å². The number of carbonyl (C=O) groups is 4. The van der Waals surface area contributed by atoms with E-state index < -0.39 is 6.03 Å². The van der Waals surface area contributed by atoms with Crippen LogP contribution in [0.1, 0.15) is 23.2 Å². The summed E-state index contributed by atoms with van der Waals surface area (Å²) in [6.45, 7) is 0.974. The van der Waals surface area contributed by atoms with E-state index in [0.717, 1.165) is 12.8 Å². The molecule has 1 N–H and O–H groups in total. The molecular formula is C18H20N4O4. The van der Waals surface area contributed by atoms with Gasteiger partial charge < -0.3 is 9.80 Å². The number of carbonyl (C=O) groups excluding carboxylic acids is 4. The van der Waals surface area contributed by atoms with E-state index in [1.54, 1.807) is 34.1 Å². The highest BCUT2D eigenvalue weighted by molar-refractivity contribution is 6.12. The van der Waals surface area contributed by atoms with Crippen LogP contribution in [0, 0.1) is 5.92 Å². The predicted molar refractivity (Wildman–Crippen MR) is 92.5 cm³/mol. The molecule has 4 fully saturated rings. The summed E-state index contributed by atoms with van der Waals surface area (Å²) in [6.07, 6.45) is 1.75. The Kier molecular flexibility index (Phi) is 3.90. The lowest BCUT2D eigenvalue weighted by Crippen LogP contribution is -2.45. The van der Waals surface area contributed by atoms with Gasteiger partial charge in [0.2, 0.25) is 11.8 Å². The molecule has 26 heavy (non-hydrogen) atoms. The van der Waals surface area contributed by atoms with E-state index in [4.69, 9.17) is 0 Å². The molecule has 1 aromatic rings. The fourth-order valence-corrected chi connectivity index (χ4v) is 3.94. The molecule has 2 atom stereocenters. The summed E-state index contributed by atoms with van der Waals surface area (Å²) in [7, 11) is 1.81. The fourth-order valence-electron chi connectivity index (χ4n) is 3.94. The zero-order valence-corrected chi connectivity index (χ0v) is 14.5. The minimum atomic E-state index is -0.459. The molecule has 8 nitrogen and oxygen atoms in total. The summed E-state index contributed by atoms with van der Waals surface area (Å²) in [6, 6.07) is 6.26. The number of hydrogen-bond donors (Lipinski definition) is 1. The average molecular weight is 356 g/mol. The van der Waals surface area contributed by atoms with Crippen molar-refractivity contribution in [2.45, 2.75) is 18.9 Å². The number of urea groups is 1. The van der Waals surface area contributed by atoms with Gasteiger partial charge in [0.05, 0.1) is 5.92 Å². The largest absolute Gasteiger partial charge is 0.341 e. The van der Waals surface area contributed by atoms with Crippen LogP contribution in [0.4, 0.5) is 10.5 Å². The van der Waals surface area contributed by atoms with Gasteiger partial charge in [0.15, 0.2) is 0 Å². The number of amides is 5. The van der Waals surface area contributed by atoms with Crippen molar-refractivity contribution in [1.29, 1.82) is 0 Å². The van der Waals surface area contributed by atoms with E-state index in [1.165, 1.54) is 4.90 Å². The molecule has 2 bridgehead atoms. The molecule has 4 saturated heterocycles. The number of nitrogens with zero attached hydrogens (tertiary/aromatic N) is 3. The first-order valence-corrected chi connectivity index (χ1v) is 8.71. The Morgan fingerprint density at radius 1 is 1.08 bits per heavy atom. The van der Waals surface area contributed by atoms with E-state index in [1.807, 2.05) is 7.05 Å². The van der Waals surface area contributed by atoms with Crippen LogP contribution in [0.3, 0.4) is 0 Å². The molecule has 0 saturated carbocycles. The monoisotopic (exact) mass is 356 g/mol. The molecule has 0 radical (unpaired) electrons. The third-order valence-electron chi connectivity index (χ3n) is 5.47. The van der Waals surface area contributed by atoms with Gasteiger partial charge in [-0.15, -0.1) is 0 Å². The van der Waals surface area contributed by atoms with Crippen molar-refractivity contribution in [1.82, 2.24) is 15.1 Å². The minimum absolute atomic E-state index is 0.0178. The molecule has 0 aliphatic carbocycles. The van der Waals surface area contributed by atoms with Crippen LogP contribution in [0.2, 0.25) is 0 Å². The predicted octanol–water partition coefficient (Wildman–Crippen LogP) is 0.436. The molecule has 8 heteroatoms. The topological polar surface area (TPSA) is 90.0 Å². The molecule has 0 unspecified atom stereocenters. The smallest absolute Gasteiger partial charge is 0.329 e. The van der Waals surface area contributed by atoms with Gasteiger partial charge in [-0.3, -0.25) is 24.6 Å². The molecule has 4 heterocycles. The first kappa shape index (κ1) is 16.6. The molecule has 136 valence electrons. The Balaban J connectivity index is 1.51. The van der Waals surface area contributed by atoms with Crippen molar-refractivity contribution >= 4 is 29.4 Å². The zero-order chi connectivity index (χ0) is 18.4. The van der Waals surface area contributed by atoms with Crippen molar-refractivity contribution in [2.24, 2.45) is 5.92 Å². The number of likely N-dealkylation sites (N-methyl/N-ethyl adjacent to an activating group) is 1. The van der Waals surface area contributed by atoms with Gasteiger partial charge in [-0.05, 0) is 37.1 Å². The van der Waals surface area contributed by atoms with E-state index in [9.17, 15) is 19.2 Å². The summed E-state index contributed by atoms with van der Waals surface area (Å²) in [5, 5.41) is 2.22. The number of rotatable bonds is 2. The third-order valence-corrected chi connectivity index (χ3v) is 5.47. The fraction of sp³-hybridized carbons (Fsp3) is 0.444. The number of hydrogen-bond acceptors (Lipinski definition) is 4. The van der Waals surface area contributed by atoms with Crippen LogP contribution >= 0.6 is 0 Å². The average Bonchev–Trinajstić information content (AvgIpc) is 2.81. The lowest BCUT2D eigenvalue weighted by molar-refractivity contribution is -0.138. The second-order valence-electron chi connectivity index (χ2n) is 7.07. The van der Waals surface area contributed by atoms with Gasteiger partial charge in [-0.2, -0.15) is 0 Å². The number of fused-ring (bicyclic) bond motifs is 4. The standard InChI is InChI=1S/C18H20N4O4/c1-20-14-7-4-12(16(20)24)8-21(9-14)17(25)11-2-5-13(6-3-11)22-10-15(23)19-18(22)26/h2-3,5-6,12,14H,4,7-10H2,1H3,(H,19,23,26)/t12-,14+/m0/s1. The lowest BCUT2D eigenvalue weighted by Gasteiger charge is -2.32. The van der Waals surface area contributed by atoms with Crippen LogP contribution < -0.4 is 10.2 Å². The molecule has 4 aliphatic rings. The van der Waals surface area contributed by atoms with E-state index in [2.05, 4.69) is 5.32 Å². The van der Waals surface area contributed by atoms with Gasteiger partial charge in [-0.1, -0.05) is 0 Å². The highest BCUT2D eigenvalue weighted by Gasteiger charge is 2.40. The maximum absolute atomic E-state index is 12.9. The van der Waals surface area contributed by atoms with Crippen LogP contribution in [0.5, 0.6) is 0 Å². The van der Waals surface area contributed by atoms with Crippen molar-refractivity contribution in [3.63, 3.8) is 0 Å². The summed E-state index contributed by atoms with van der Waals surface area (Å²) >= 11 is 0. The molecular weight excluding hydrogens is 336 g/mol. The van der Waals surface area contributed by atoms with Gasteiger partial charge in [-0.25, -0.2) is 4.79 Å². The lowest BCUT2D eigenvalue weighted by atomic mass is 9.95. The first-order valence-electron chi connectivity index (χ1n) is 8.71. The number of benzene rings is 1. The first-order chi connectivity index (χ1) is 12.4. The highest BCUT2D eigenvalue weighted by atomic mass is 16.2. The molecule has 5 amide bonds.